The average Bonchev–Trinajstić information content (AvgIpc) is 2.52. The van der Waals surface area contributed by atoms with Gasteiger partial charge in [0.2, 0.25) is 0 Å². The van der Waals surface area contributed by atoms with Crippen molar-refractivity contribution in [3.05, 3.63) is 29.3 Å². The lowest BCUT2D eigenvalue weighted by molar-refractivity contribution is 0.0246. The minimum atomic E-state index is -0.517. The van der Waals surface area contributed by atoms with E-state index in [9.17, 15) is 5.11 Å². The summed E-state index contributed by atoms with van der Waals surface area (Å²) in [6.45, 7) is 7.27. The van der Waals surface area contributed by atoms with Crippen LogP contribution in [0.1, 0.15) is 20.3 Å². The maximum absolute atomic E-state index is 9.77. The molecule has 0 heterocycles. The van der Waals surface area contributed by atoms with E-state index in [0.29, 0.717) is 31.4 Å². The van der Waals surface area contributed by atoms with Crippen molar-refractivity contribution in [3.63, 3.8) is 0 Å². The van der Waals surface area contributed by atoms with E-state index in [-0.39, 0.29) is 6.10 Å². The number of nitrogens with one attached hydrogen (secondary N) is 1. The van der Waals surface area contributed by atoms with Crippen LogP contribution in [0.25, 0.3) is 0 Å². The van der Waals surface area contributed by atoms with Crippen LogP contribution in [0.3, 0.4) is 0 Å². The fourth-order valence-corrected chi connectivity index (χ4v) is 1.94. The molecule has 1 rings (SSSR count). The van der Waals surface area contributed by atoms with Crippen molar-refractivity contribution >= 4 is 11.6 Å². The molecular formula is C17H28ClNO4. The summed E-state index contributed by atoms with van der Waals surface area (Å²) < 4.78 is 16.3. The van der Waals surface area contributed by atoms with Gasteiger partial charge in [-0.2, -0.15) is 0 Å². The van der Waals surface area contributed by atoms with Crippen molar-refractivity contribution in [2.45, 2.75) is 32.5 Å². The zero-order valence-electron chi connectivity index (χ0n) is 14.0. The highest BCUT2D eigenvalue weighted by atomic mass is 35.5. The van der Waals surface area contributed by atoms with Gasteiger partial charge in [-0.05, 0) is 51.1 Å². The molecule has 0 saturated carbocycles. The SMILES string of the molecule is CC(C)OCCCNCC(O)COCCOc1ccc(Cl)cc1. The molecule has 23 heavy (non-hydrogen) atoms. The zero-order valence-corrected chi connectivity index (χ0v) is 14.7. The number of halogens is 1. The van der Waals surface area contributed by atoms with Crippen LogP contribution in [-0.2, 0) is 9.47 Å². The fraction of sp³-hybridized carbons (Fsp3) is 0.647. The molecule has 1 unspecified atom stereocenters. The predicted molar refractivity (Wildman–Crippen MR) is 92.3 cm³/mol. The minimum Gasteiger partial charge on any atom is -0.491 e. The maximum atomic E-state index is 9.77. The van der Waals surface area contributed by atoms with Crippen LogP contribution in [0.4, 0.5) is 0 Å². The molecule has 0 aliphatic carbocycles. The summed E-state index contributed by atoms with van der Waals surface area (Å²) in [5.41, 5.74) is 0. The molecule has 0 spiro atoms. The minimum absolute atomic E-state index is 0.268. The molecule has 132 valence electrons. The molecule has 0 saturated heterocycles. The lowest BCUT2D eigenvalue weighted by atomic mass is 10.3. The summed E-state index contributed by atoms with van der Waals surface area (Å²) >= 11 is 5.79. The van der Waals surface area contributed by atoms with Crippen LogP contribution in [0.5, 0.6) is 5.75 Å². The number of hydrogen-bond donors (Lipinski definition) is 2. The summed E-state index contributed by atoms with van der Waals surface area (Å²) in [6, 6.07) is 7.17. The second-order valence-electron chi connectivity index (χ2n) is 5.51. The predicted octanol–water partition coefficient (Wildman–Crippen LogP) is 2.50. The third kappa shape index (κ3) is 11.3. The van der Waals surface area contributed by atoms with Crippen LogP contribution in [0.15, 0.2) is 24.3 Å². The fourth-order valence-electron chi connectivity index (χ4n) is 1.81. The first-order valence-electron chi connectivity index (χ1n) is 8.04. The van der Waals surface area contributed by atoms with Gasteiger partial charge in [0.1, 0.15) is 12.4 Å². The molecule has 0 amide bonds. The zero-order chi connectivity index (χ0) is 16.9. The highest BCUT2D eigenvalue weighted by Crippen LogP contribution is 2.15. The normalized spacial score (nSPS) is 12.6. The first kappa shape index (κ1) is 20.2. The number of hydrogen-bond acceptors (Lipinski definition) is 5. The molecule has 0 fully saturated rings. The third-order valence-corrected chi connectivity index (χ3v) is 3.20. The van der Waals surface area contributed by atoms with E-state index in [2.05, 4.69) is 5.32 Å². The van der Waals surface area contributed by atoms with E-state index >= 15 is 0 Å². The largest absolute Gasteiger partial charge is 0.491 e. The smallest absolute Gasteiger partial charge is 0.119 e. The van der Waals surface area contributed by atoms with Crippen LogP contribution in [-0.4, -0.2) is 56.8 Å². The Hall–Kier alpha value is -0.850. The number of benzene rings is 1. The molecule has 0 radical (unpaired) electrons. The monoisotopic (exact) mass is 345 g/mol. The van der Waals surface area contributed by atoms with Gasteiger partial charge >= 0.3 is 0 Å². The van der Waals surface area contributed by atoms with E-state index < -0.39 is 6.10 Å². The van der Waals surface area contributed by atoms with E-state index in [0.717, 1.165) is 25.3 Å². The van der Waals surface area contributed by atoms with Gasteiger partial charge in [-0.1, -0.05) is 11.6 Å². The Kier molecular flexibility index (Phi) is 11.0. The molecule has 0 aliphatic heterocycles. The van der Waals surface area contributed by atoms with Crippen molar-refractivity contribution in [2.75, 3.05) is 39.5 Å². The van der Waals surface area contributed by atoms with Gasteiger partial charge in [-0.3, -0.25) is 0 Å². The summed E-state index contributed by atoms with van der Waals surface area (Å²) in [4.78, 5) is 0. The Bertz CT molecular complexity index is 400. The van der Waals surface area contributed by atoms with Crippen molar-refractivity contribution in [3.8, 4) is 5.75 Å². The quantitative estimate of drug-likeness (QED) is 0.538. The second-order valence-corrected chi connectivity index (χ2v) is 5.94. The van der Waals surface area contributed by atoms with Crippen molar-refractivity contribution in [1.29, 1.82) is 0 Å². The molecule has 0 aliphatic rings. The van der Waals surface area contributed by atoms with Crippen molar-refractivity contribution in [2.24, 2.45) is 0 Å². The molecule has 0 bridgehead atoms. The van der Waals surface area contributed by atoms with Gasteiger partial charge in [0.25, 0.3) is 0 Å². The third-order valence-electron chi connectivity index (χ3n) is 2.95. The molecule has 1 aromatic carbocycles. The molecule has 5 nitrogen and oxygen atoms in total. The molecule has 1 atom stereocenters. The Morgan fingerprint density at radius 3 is 2.57 bits per heavy atom. The lowest BCUT2D eigenvalue weighted by Crippen LogP contribution is -2.32. The van der Waals surface area contributed by atoms with Gasteiger partial charge in [-0.25, -0.2) is 0 Å². The summed E-state index contributed by atoms with van der Waals surface area (Å²) in [5.74, 6) is 0.754. The van der Waals surface area contributed by atoms with Gasteiger partial charge in [0.15, 0.2) is 0 Å². The van der Waals surface area contributed by atoms with E-state index in [1.165, 1.54) is 0 Å². The van der Waals surface area contributed by atoms with Crippen molar-refractivity contribution in [1.82, 2.24) is 5.32 Å². The van der Waals surface area contributed by atoms with Gasteiger partial charge < -0.3 is 24.6 Å². The van der Waals surface area contributed by atoms with Crippen LogP contribution >= 0.6 is 11.6 Å². The van der Waals surface area contributed by atoms with Gasteiger partial charge in [0.05, 0.1) is 25.4 Å². The number of aliphatic hydroxyl groups is 1. The maximum Gasteiger partial charge on any atom is 0.119 e. The Morgan fingerprint density at radius 1 is 1.13 bits per heavy atom. The van der Waals surface area contributed by atoms with Crippen LogP contribution < -0.4 is 10.1 Å². The summed E-state index contributed by atoms with van der Waals surface area (Å²) in [7, 11) is 0. The Labute approximate surface area is 143 Å². The number of ether oxygens (including phenoxy) is 3. The first-order chi connectivity index (χ1) is 11.1. The Balaban J connectivity index is 1.91. The number of aliphatic hydroxyl groups excluding tert-OH is 1. The first-order valence-corrected chi connectivity index (χ1v) is 8.42. The van der Waals surface area contributed by atoms with E-state index in [1.54, 1.807) is 12.1 Å². The van der Waals surface area contributed by atoms with E-state index in [1.807, 2.05) is 26.0 Å². The highest BCUT2D eigenvalue weighted by Gasteiger charge is 2.03. The van der Waals surface area contributed by atoms with Gasteiger partial charge in [0, 0.05) is 18.2 Å². The van der Waals surface area contributed by atoms with Gasteiger partial charge in [-0.15, -0.1) is 0 Å². The molecule has 1 aromatic rings. The molecule has 0 aromatic heterocycles. The number of rotatable bonds is 13. The second kappa shape index (κ2) is 12.6. The average molecular weight is 346 g/mol. The highest BCUT2D eigenvalue weighted by molar-refractivity contribution is 6.30. The Morgan fingerprint density at radius 2 is 1.87 bits per heavy atom. The standard InChI is InChI=1S/C17H28ClNO4/c1-14(2)22-9-3-8-19-12-16(20)13-21-10-11-23-17-6-4-15(18)5-7-17/h4-7,14,16,19-20H,3,8-13H2,1-2H3. The van der Waals surface area contributed by atoms with Crippen molar-refractivity contribution < 1.29 is 19.3 Å². The van der Waals surface area contributed by atoms with Crippen LogP contribution in [0, 0.1) is 0 Å². The lowest BCUT2D eigenvalue weighted by Gasteiger charge is -2.13. The van der Waals surface area contributed by atoms with E-state index in [4.69, 9.17) is 25.8 Å². The summed E-state index contributed by atoms with van der Waals surface area (Å²) in [5, 5.41) is 13.6. The van der Waals surface area contributed by atoms with Crippen LogP contribution in [0.2, 0.25) is 5.02 Å². The topological polar surface area (TPSA) is 60.0 Å². The summed E-state index contributed by atoms with van der Waals surface area (Å²) in [6.07, 6.45) is 0.682. The molecular weight excluding hydrogens is 318 g/mol. The molecule has 2 N–H and O–H groups in total. The molecule has 6 heteroatoms.